The van der Waals surface area contributed by atoms with Gasteiger partial charge in [-0.15, -0.1) is 0 Å². The lowest BCUT2D eigenvalue weighted by atomic mass is 10.3. The molecular weight excluding hydrogens is 274 g/mol. The Morgan fingerprint density at radius 3 is 2.90 bits per heavy atom. The second-order valence-corrected chi connectivity index (χ2v) is 4.63. The van der Waals surface area contributed by atoms with E-state index < -0.39 is 0 Å². The van der Waals surface area contributed by atoms with Crippen LogP contribution in [0.1, 0.15) is 17.0 Å². The summed E-state index contributed by atoms with van der Waals surface area (Å²) in [7, 11) is 1.51. The standard InChI is InChI=1S/C14H15N3O4/c1-19-12-13(16-6-5-15-12)21-10-4-7-17(9-10)14(18)11-3-2-8-20-11/h2-3,5-6,8,10H,4,7,9H2,1H3/t10-/m0/s1. The quantitative estimate of drug-likeness (QED) is 0.846. The van der Waals surface area contributed by atoms with Gasteiger partial charge in [0.15, 0.2) is 5.76 Å². The van der Waals surface area contributed by atoms with E-state index in [0.29, 0.717) is 30.6 Å². The maximum atomic E-state index is 12.2. The van der Waals surface area contributed by atoms with Crippen molar-refractivity contribution in [1.82, 2.24) is 14.9 Å². The highest BCUT2D eigenvalue weighted by Crippen LogP contribution is 2.24. The first-order valence-corrected chi connectivity index (χ1v) is 6.62. The summed E-state index contributed by atoms with van der Waals surface area (Å²) in [4.78, 5) is 22.0. The number of hydrogen-bond acceptors (Lipinski definition) is 6. The van der Waals surface area contributed by atoms with E-state index in [4.69, 9.17) is 13.9 Å². The average Bonchev–Trinajstić information content (AvgIpc) is 3.19. The summed E-state index contributed by atoms with van der Waals surface area (Å²) in [6.07, 6.45) is 5.16. The van der Waals surface area contributed by atoms with Crippen LogP contribution < -0.4 is 9.47 Å². The number of carbonyl (C=O) groups is 1. The summed E-state index contributed by atoms with van der Waals surface area (Å²) < 4.78 is 16.0. The molecule has 0 spiro atoms. The van der Waals surface area contributed by atoms with Crippen molar-refractivity contribution in [1.29, 1.82) is 0 Å². The second kappa shape index (κ2) is 5.82. The molecular formula is C14H15N3O4. The van der Waals surface area contributed by atoms with Gasteiger partial charge in [0.05, 0.1) is 19.9 Å². The van der Waals surface area contributed by atoms with Crippen molar-refractivity contribution in [2.45, 2.75) is 12.5 Å². The molecule has 0 aromatic carbocycles. The Kier molecular flexibility index (Phi) is 3.72. The summed E-state index contributed by atoms with van der Waals surface area (Å²) >= 11 is 0. The van der Waals surface area contributed by atoms with Crippen molar-refractivity contribution in [2.24, 2.45) is 0 Å². The fourth-order valence-electron chi connectivity index (χ4n) is 2.26. The number of methoxy groups -OCH3 is 1. The average molecular weight is 289 g/mol. The van der Waals surface area contributed by atoms with E-state index in [0.717, 1.165) is 6.42 Å². The van der Waals surface area contributed by atoms with Gasteiger partial charge in [0.1, 0.15) is 6.10 Å². The number of rotatable bonds is 4. The molecule has 1 fully saturated rings. The number of likely N-dealkylation sites (tertiary alicyclic amines) is 1. The summed E-state index contributed by atoms with van der Waals surface area (Å²) in [6.45, 7) is 1.10. The van der Waals surface area contributed by atoms with E-state index in [1.807, 2.05) is 0 Å². The molecule has 0 N–H and O–H groups in total. The Labute approximate surface area is 121 Å². The van der Waals surface area contributed by atoms with Crippen molar-refractivity contribution in [3.8, 4) is 11.8 Å². The van der Waals surface area contributed by atoms with Crippen molar-refractivity contribution in [3.05, 3.63) is 36.5 Å². The number of aromatic nitrogens is 2. The summed E-state index contributed by atoms with van der Waals surface area (Å²) in [5.74, 6) is 0.899. The normalized spacial score (nSPS) is 17.8. The van der Waals surface area contributed by atoms with Gasteiger partial charge in [-0.1, -0.05) is 0 Å². The van der Waals surface area contributed by atoms with Crippen LogP contribution in [-0.4, -0.2) is 47.1 Å². The molecule has 1 aliphatic rings. The SMILES string of the molecule is COc1nccnc1O[C@H]1CCN(C(=O)c2ccco2)C1. The molecule has 2 aromatic rings. The number of hydrogen-bond donors (Lipinski definition) is 0. The van der Waals surface area contributed by atoms with Crippen molar-refractivity contribution < 1.29 is 18.7 Å². The molecule has 1 atom stereocenters. The van der Waals surface area contributed by atoms with Crippen molar-refractivity contribution in [3.63, 3.8) is 0 Å². The number of amides is 1. The van der Waals surface area contributed by atoms with Crippen LogP contribution in [-0.2, 0) is 0 Å². The van der Waals surface area contributed by atoms with Crippen LogP contribution >= 0.6 is 0 Å². The number of ether oxygens (including phenoxy) is 2. The fraction of sp³-hybridized carbons (Fsp3) is 0.357. The Hall–Kier alpha value is -2.57. The third kappa shape index (κ3) is 2.81. The first-order valence-electron chi connectivity index (χ1n) is 6.62. The molecule has 2 aromatic heterocycles. The highest BCUT2D eigenvalue weighted by molar-refractivity contribution is 5.91. The van der Waals surface area contributed by atoms with Gasteiger partial charge in [0, 0.05) is 25.4 Å². The fourth-order valence-corrected chi connectivity index (χ4v) is 2.26. The second-order valence-electron chi connectivity index (χ2n) is 4.63. The molecule has 0 radical (unpaired) electrons. The van der Waals surface area contributed by atoms with E-state index in [2.05, 4.69) is 9.97 Å². The topological polar surface area (TPSA) is 77.7 Å². The van der Waals surface area contributed by atoms with Gasteiger partial charge in [-0.2, -0.15) is 0 Å². The minimum atomic E-state index is -0.130. The van der Waals surface area contributed by atoms with Crippen LogP contribution in [0.15, 0.2) is 35.2 Å². The molecule has 110 valence electrons. The third-order valence-electron chi connectivity index (χ3n) is 3.27. The van der Waals surface area contributed by atoms with Gasteiger partial charge >= 0.3 is 0 Å². The number of furan rings is 1. The molecule has 7 heteroatoms. The van der Waals surface area contributed by atoms with Crippen molar-refractivity contribution >= 4 is 5.91 Å². The Bertz CT molecular complexity index is 614. The van der Waals surface area contributed by atoms with Crippen molar-refractivity contribution in [2.75, 3.05) is 20.2 Å². The molecule has 21 heavy (non-hydrogen) atoms. The van der Waals surface area contributed by atoms with E-state index in [1.54, 1.807) is 23.2 Å². The zero-order chi connectivity index (χ0) is 14.7. The molecule has 0 bridgehead atoms. The van der Waals surface area contributed by atoms with E-state index in [9.17, 15) is 4.79 Å². The lowest BCUT2D eigenvalue weighted by molar-refractivity contribution is 0.0739. The minimum absolute atomic E-state index is 0.128. The number of nitrogens with zero attached hydrogens (tertiary/aromatic N) is 3. The highest BCUT2D eigenvalue weighted by Gasteiger charge is 2.30. The van der Waals surface area contributed by atoms with Crippen LogP contribution in [0, 0.1) is 0 Å². The van der Waals surface area contributed by atoms with Gasteiger partial charge in [0.25, 0.3) is 17.7 Å². The maximum absolute atomic E-state index is 12.2. The zero-order valence-electron chi connectivity index (χ0n) is 11.6. The molecule has 1 aliphatic heterocycles. The molecule has 0 aliphatic carbocycles. The predicted molar refractivity (Wildman–Crippen MR) is 72.2 cm³/mol. The molecule has 1 saturated heterocycles. The van der Waals surface area contributed by atoms with Gasteiger partial charge in [-0.25, -0.2) is 9.97 Å². The third-order valence-corrected chi connectivity index (χ3v) is 3.27. The minimum Gasteiger partial charge on any atom is -0.477 e. The van der Waals surface area contributed by atoms with Crippen LogP contribution in [0.25, 0.3) is 0 Å². The van der Waals surface area contributed by atoms with Gasteiger partial charge in [-0.05, 0) is 12.1 Å². The lowest BCUT2D eigenvalue weighted by Crippen LogP contribution is -2.30. The van der Waals surface area contributed by atoms with E-state index in [-0.39, 0.29) is 12.0 Å². The Morgan fingerprint density at radius 1 is 1.38 bits per heavy atom. The van der Waals surface area contributed by atoms with Gasteiger partial charge in [0.2, 0.25) is 0 Å². The predicted octanol–water partition coefficient (Wildman–Crippen LogP) is 1.37. The lowest BCUT2D eigenvalue weighted by Gasteiger charge is -2.16. The first kappa shape index (κ1) is 13.4. The Morgan fingerprint density at radius 2 is 2.19 bits per heavy atom. The monoisotopic (exact) mass is 289 g/mol. The van der Waals surface area contributed by atoms with Gasteiger partial charge < -0.3 is 18.8 Å². The van der Waals surface area contributed by atoms with Crippen LogP contribution in [0.3, 0.4) is 0 Å². The zero-order valence-corrected chi connectivity index (χ0v) is 11.6. The highest BCUT2D eigenvalue weighted by atomic mass is 16.5. The first-order chi connectivity index (χ1) is 10.3. The summed E-state index contributed by atoms with van der Waals surface area (Å²) in [6, 6.07) is 3.35. The smallest absolute Gasteiger partial charge is 0.289 e. The molecule has 0 unspecified atom stereocenters. The van der Waals surface area contributed by atoms with Crippen LogP contribution in [0.5, 0.6) is 11.8 Å². The molecule has 0 saturated carbocycles. The van der Waals surface area contributed by atoms with Crippen LogP contribution in [0.2, 0.25) is 0 Å². The molecule has 7 nitrogen and oxygen atoms in total. The largest absolute Gasteiger partial charge is 0.477 e. The molecule has 3 rings (SSSR count). The van der Waals surface area contributed by atoms with Crippen LogP contribution in [0.4, 0.5) is 0 Å². The van der Waals surface area contributed by atoms with Gasteiger partial charge in [-0.3, -0.25) is 4.79 Å². The summed E-state index contributed by atoms with van der Waals surface area (Å²) in [5, 5.41) is 0. The molecule has 1 amide bonds. The Balaban J connectivity index is 1.63. The van der Waals surface area contributed by atoms with E-state index in [1.165, 1.54) is 19.6 Å². The molecule has 3 heterocycles. The summed E-state index contributed by atoms with van der Waals surface area (Å²) in [5.41, 5.74) is 0. The van der Waals surface area contributed by atoms with E-state index >= 15 is 0 Å². The number of carbonyl (C=O) groups excluding carboxylic acids is 1. The maximum Gasteiger partial charge on any atom is 0.289 e.